The number of aryl methyl sites for hydroxylation is 1. The molecule has 2 atom stereocenters. The van der Waals surface area contributed by atoms with Crippen molar-refractivity contribution in [3.63, 3.8) is 0 Å². The van der Waals surface area contributed by atoms with E-state index in [1.54, 1.807) is 5.56 Å². The topological polar surface area (TPSA) is 12.5 Å². The summed E-state index contributed by atoms with van der Waals surface area (Å²) >= 11 is 0. The quantitative estimate of drug-likeness (QED) is 0.130. The summed E-state index contributed by atoms with van der Waals surface area (Å²) in [6, 6.07) is 18.4. The molecule has 1 fully saturated rings. The van der Waals surface area contributed by atoms with Crippen LogP contribution in [0, 0.1) is 0 Å². The highest BCUT2D eigenvalue weighted by molar-refractivity contribution is 6.08. The van der Waals surface area contributed by atoms with E-state index >= 15 is 0 Å². The lowest BCUT2D eigenvalue weighted by atomic mass is 9.70. The summed E-state index contributed by atoms with van der Waals surface area (Å²) in [6.07, 6.45) is 21.2. The summed E-state index contributed by atoms with van der Waals surface area (Å²) in [6.45, 7) is 4.61. The van der Waals surface area contributed by atoms with Gasteiger partial charge in [0.2, 0.25) is 0 Å². The predicted molar refractivity (Wildman–Crippen MR) is 151 cm³/mol. The van der Waals surface area contributed by atoms with Crippen LogP contribution >= 0.6 is 0 Å². The third-order valence-electron chi connectivity index (χ3n) is 9.13. The van der Waals surface area contributed by atoms with Crippen molar-refractivity contribution in [2.45, 2.75) is 128 Å². The molecule has 1 aliphatic carbocycles. The lowest BCUT2D eigenvalue weighted by molar-refractivity contribution is 0.241. The first-order valence-corrected chi connectivity index (χ1v) is 14.9. The SMILES string of the molecule is CCCCCCCCC12CCc3c(ccc4c3ccc3ccccc34)C1(CCCCCCCC)O2. The highest BCUT2D eigenvalue weighted by Crippen LogP contribution is 2.67. The molecule has 1 heterocycles. The van der Waals surface area contributed by atoms with Crippen LogP contribution in [0.5, 0.6) is 0 Å². The fourth-order valence-electron chi connectivity index (χ4n) is 7.12. The maximum Gasteiger partial charge on any atom is 0.123 e. The zero-order chi connectivity index (χ0) is 24.1. The first kappa shape index (κ1) is 24.8. The molecule has 1 aliphatic heterocycles. The fraction of sp³-hybridized carbons (Fsp3) is 0.588. The highest BCUT2D eigenvalue weighted by Gasteiger charge is 2.70. The number of unbranched alkanes of at least 4 members (excludes halogenated alkanes) is 10. The molecular weight excluding hydrogens is 424 g/mol. The maximum atomic E-state index is 6.97. The van der Waals surface area contributed by atoms with Crippen LogP contribution in [0.25, 0.3) is 21.5 Å². The van der Waals surface area contributed by atoms with E-state index < -0.39 is 0 Å². The molecule has 2 aliphatic rings. The van der Waals surface area contributed by atoms with Gasteiger partial charge in [0.25, 0.3) is 0 Å². The number of epoxide rings is 1. The largest absolute Gasteiger partial charge is 0.357 e. The Morgan fingerprint density at radius 3 is 2.06 bits per heavy atom. The lowest BCUT2D eigenvalue weighted by Crippen LogP contribution is -2.30. The first-order chi connectivity index (χ1) is 17.2. The van der Waals surface area contributed by atoms with Crippen molar-refractivity contribution >= 4 is 21.5 Å². The van der Waals surface area contributed by atoms with Gasteiger partial charge in [0, 0.05) is 0 Å². The van der Waals surface area contributed by atoms with E-state index in [1.165, 1.54) is 130 Å². The van der Waals surface area contributed by atoms with Crippen LogP contribution in [-0.4, -0.2) is 5.60 Å². The van der Waals surface area contributed by atoms with Crippen LogP contribution in [0.4, 0.5) is 0 Å². The Morgan fingerprint density at radius 1 is 0.629 bits per heavy atom. The Morgan fingerprint density at radius 2 is 1.29 bits per heavy atom. The Hall–Kier alpha value is -1.86. The van der Waals surface area contributed by atoms with Crippen LogP contribution in [0.1, 0.15) is 121 Å². The summed E-state index contributed by atoms with van der Waals surface area (Å²) in [5.74, 6) is 0. The fourth-order valence-corrected chi connectivity index (χ4v) is 7.12. The molecule has 0 aromatic heterocycles. The molecule has 0 radical (unpaired) electrons. The van der Waals surface area contributed by atoms with Crippen molar-refractivity contribution in [3.05, 3.63) is 59.7 Å². The molecule has 0 amide bonds. The lowest BCUT2D eigenvalue weighted by Gasteiger charge is -2.29. The van der Waals surface area contributed by atoms with Crippen molar-refractivity contribution in [2.24, 2.45) is 0 Å². The van der Waals surface area contributed by atoms with Gasteiger partial charge in [-0.3, -0.25) is 0 Å². The molecule has 1 heteroatoms. The summed E-state index contributed by atoms with van der Waals surface area (Å²) in [5.41, 5.74) is 3.20. The van der Waals surface area contributed by atoms with Gasteiger partial charge in [-0.15, -0.1) is 0 Å². The van der Waals surface area contributed by atoms with Crippen LogP contribution < -0.4 is 0 Å². The van der Waals surface area contributed by atoms with Crippen molar-refractivity contribution in [1.82, 2.24) is 0 Å². The van der Waals surface area contributed by atoms with Crippen molar-refractivity contribution in [1.29, 1.82) is 0 Å². The Kier molecular flexibility index (Phi) is 7.83. The Balaban J connectivity index is 1.39. The standard InChI is InChI=1S/C34H46O/c1-3-5-7-9-11-15-24-33-26-23-31-30-20-19-27-17-13-14-18-28(27)29(30)21-22-32(31)34(33,35-33)25-16-12-10-8-6-4-2/h13-14,17-22H,3-12,15-16,23-26H2,1-2H3. The third kappa shape index (κ3) is 4.78. The minimum atomic E-state index is -0.0193. The van der Waals surface area contributed by atoms with Crippen molar-refractivity contribution in [2.75, 3.05) is 0 Å². The van der Waals surface area contributed by atoms with E-state index in [2.05, 4.69) is 62.4 Å². The molecule has 0 saturated carbocycles. The van der Waals surface area contributed by atoms with Gasteiger partial charge >= 0.3 is 0 Å². The second-order valence-corrected chi connectivity index (χ2v) is 11.4. The minimum Gasteiger partial charge on any atom is -0.357 e. The number of rotatable bonds is 14. The monoisotopic (exact) mass is 470 g/mol. The Labute approximate surface area is 213 Å². The number of fused-ring (bicyclic) bond motifs is 7. The number of benzene rings is 3. The number of ether oxygens (including phenoxy) is 1. The summed E-state index contributed by atoms with van der Waals surface area (Å²) in [5, 5.41) is 5.61. The van der Waals surface area contributed by atoms with E-state index in [-0.39, 0.29) is 11.2 Å². The van der Waals surface area contributed by atoms with Gasteiger partial charge < -0.3 is 4.74 Å². The summed E-state index contributed by atoms with van der Waals surface area (Å²) in [4.78, 5) is 0. The van der Waals surface area contributed by atoms with Crippen molar-refractivity contribution < 1.29 is 4.74 Å². The normalized spacial score (nSPS) is 22.9. The minimum absolute atomic E-state index is 0.0193. The molecule has 0 bridgehead atoms. The molecule has 2 unspecified atom stereocenters. The van der Waals surface area contributed by atoms with Crippen LogP contribution in [0.2, 0.25) is 0 Å². The van der Waals surface area contributed by atoms with E-state index in [0.29, 0.717) is 0 Å². The molecular formula is C34H46O. The average molecular weight is 471 g/mol. The molecule has 188 valence electrons. The van der Waals surface area contributed by atoms with E-state index in [1.807, 2.05) is 0 Å². The number of hydrogen-bond acceptors (Lipinski definition) is 1. The second-order valence-electron chi connectivity index (χ2n) is 11.4. The smallest absolute Gasteiger partial charge is 0.123 e. The van der Waals surface area contributed by atoms with Gasteiger partial charge in [0.15, 0.2) is 0 Å². The first-order valence-electron chi connectivity index (χ1n) is 14.9. The molecule has 1 nitrogen and oxygen atoms in total. The molecule has 0 spiro atoms. The number of hydrogen-bond donors (Lipinski definition) is 0. The molecule has 0 N–H and O–H groups in total. The van der Waals surface area contributed by atoms with Gasteiger partial charge in [0.1, 0.15) is 11.2 Å². The van der Waals surface area contributed by atoms with Gasteiger partial charge in [0.05, 0.1) is 0 Å². The van der Waals surface area contributed by atoms with Crippen LogP contribution in [-0.2, 0) is 16.8 Å². The van der Waals surface area contributed by atoms with Gasteiger partial charge in [-0.2, -0.15) is 0 Å². The molecule has 3 aromatic rings. The average Bonchev–Trinajstić information content (AvgIpc) is 3.57. The van der Waals surface area contributed by atoms with Gasteiger partial charge in [-0.05, 0) is 58.4 Å². The zero-order valence-corrected chi connectivity index (χ0v) is 22.3. The van der Waals surface area contributed by atoms with E-state index in [9.17, 15) is 0 Å². The third-order valence-corrected chi connectivity index (χ3v) is 9.13. The maximum absolute atomic E-state index is 6.97. The van der Waals surface area contributed by atoms with Crippen molar-refractivity contribution in [3.8, 4) is 0 Å². The van der Waals surface area contributed by atoms with Crippen LogP contribution in [0.15, 0.2) is 48.5 Å². The van der Waals surface area contributed by atoms with Gasteiger partial charge in [-0.25, -0.2) is 0 Å². The van der Waals surface area contributed by atoms with E-state index in [0.717, 1.165) is 0 Å². The molecule has 1 saturated heterocycles. The van der Waals surface area contributed by atoms with Crippen LogP contribution in [0.3, 0.4) is 0 Å². The Bertz CT molecular complexity index is 1130. The zero-order valence-electron chi connectivity index (χ0n) is 22.3. The molecule has 5 rings (SSSR count). The predicted octanol–water partition coefficient (Wildman–Crippen LogP) is 10.4. The summed E-state index contributed by atoms with van der Waals surface area (Å²) < 4.78 is 6.97. The van der Waals surface area contributed by atoms with E-state index in [4.69, 9.17) is 4.74 Å². The summed E-state index contributed by atoms with van der Waals surface area (Å²) in [7, 11) is 0. The second kappa shape index (κ2) is 11.0. The molecule has 3 aromatic carbocycles. The highest BCUT2D eigenvalue weighted by atomic mass is 16.6. The van der Waals surface area contributed by atoms with Gasteiger partial charge in [-0.1, -0.05) is 139 Å². The molecule has 35 heavy (non-hydrogen) atoms.